The van der Waals surface area contributed by atoms with Crippen LogP contribution in [-0.4, -0.2) is 19.6 Å². The van der Waals surface area contributed by atoms with Crippen molar-refractivity contribution in [2.45, 2.75) is 27.4 Å². The van der Waals surface area contributed by atoms with E-state index in [0.29, 0.717) is 11.7 Å². The van der Waals surface area contributed by atoms with E-state index in [1.54, 1.807) is 10.9 Å². The Balaban J connectivity index is 1.85. The molecule has 0 spiro atoms. The van der Waals surface area contributed by atoms with Gasteiger partial charge in [-0.25, -0.2) is 9.36 Å². The van der Waals surface area contributed by atoms with Crippen molar-refractivity contribution in [1.29, 1.82) is 0 Å². The molecular formula is C22H21ClN4. The quantitative estimate of drug-likeness (QED) is 0.471. The molecule has 136 valence electrons. The molecule has 0 unspecified atom stereocenters. The number of aryl methyl sites for hydroxylation is 2. The second-order valence-electron chi connectivity index (χ2n) is 6.89. The van der Waals surface area contributed by atoms with Gasteiger partial charge < -0.3 is 0 Å². The van der Waals surface area contributed by atoms with E-state index in [1.165, 1.54) is 11.1 Å². The van der Waals surface area contributed by atoms with Gasteiger partial charge in [0.05, 0.1) is 22.6 Å². The first-order chi connectivity index (χ1) is 13.0. The lowest BCUT2D eigenvalue weighted by atomic mass is 10.0. The van der Waals surface area contributed by atoms with Gasteiger partial charge in [0.25, 0.3) is 0 Å². The molecular weight excluding hydrogens is 356 g/mol. The second-order valence-corrected chi connectivity index (χ2v) is 7.33. The minimum absolute atomic E-state index is 0.503. The highest BCUT2D eigenvalue weighted by molar-refractivity contribution is 6.30. The summed E-state index contributed by atoms with van der Waals surface area (Å²) in [6, 6.07) is 17.0. The summed E-state index contributed by atoms with van der Waals surface area (Å²) in [6.45, 7) is 6.82. The summed E-state index contributed by atoms with van der Waals surface area (Å²) in [6.07, 6.45) is 3.45. The smallest absolute Gasteiger partial charge is 0.133 e. The maximum absolute atomic E-state index is 6.04. The van der Waals surface area contributed by atoms with Crippen molar-refractivity contribution in [2.24, 2.45) is 0 Å². The maximum atomic E-state index is 6.04. The van der Waals surface area contributed by atoms with Gasteiger partial charge in [-0.2, -0.15) is 10.2 Å². The van der Waals surface area contributed by atoms with Gasteiger partial charge in [0.2, 0.25) is 0 Å². The summed E-state index contributed by atoms with van der Waals surface area (Å²) in [4.78, 5) is 0. The van der Waals surface area contributed by atoms with Crippen LogP contribution in [0, 0.1) is 20.8 Å². The lowest BCUT2D eigenvalue weighted by Crippen LogP contribution is -2.11. The van der Waals surface area contributed by atoms with E-state index in [1.807, 2.05) is 10.9 Å². The number of benzene rings is 2. The van der Waals surface area contributed by atoms with Crippen molar-refractivity contribution in [3.63, 3.8) is 0 Å². The van der Waals surface area contributed by atoms with Crippen LogP contribution in [0.2, 0.25) is 5.02 Å². The second kappa shape index (κ2) is 7.05. The summed E-state index contributed by atoms with van der Waals surface area (Å²) in [5.74, 6) is 0. The molecule has 27 heavy (non-hydrogen) atoms. The monoisotopic (exact) mass is 376 g/mol. The summed E-state index contributed by atoms with van der Waals surface area (Å²) < 4.78 is 3.80. The first-order valence-electron chi connectivity index (χ1n) is 8.91. The van der Waals surface area contributed by atoms with E-state index in [2.05, 4.69) is 74.4 Å². The maximum Gasteiger partial charge on any atom is 0.133 e. The van der Waals surface area contributed by atoms with Gasteiger partial charge in [-0.3, -0.25) is 0 Å². The highest BCUT2D eigenvalue weighted by Gasteiger charge is 2.18. The molecule has 0 saturated heterocycles. The number of halogens is 1. The minimum Gasteiger partial charge on any atom is -0.250 e. The Kier molecular flexibility index (Phi) is 4.58. The fourth-order valence-corrected chi connectivity index (χ4v) is 3.43. The first-order valence-corrected chi connectivity index (χ1v) is 9.28. The Morgan fingerprint density at radius 3 is 2.00 bits per heavy atom. The molecule has 2 aromatic heterocycles. The van der Waals surface area contributed by atoms with Gasteiger partial charge in [0, 0.05) is 22.9 Å². The van der Waals surface area contributed by atoms with Crippen molar-refractivity contribution < 1.29 is 0 Å². The van der Waals surface area contributed by atoms with Crippen LogP contribution < -0.4 is 0 Å². The molecule has 0 radical (unpaired) electrons. The molecule has 4 aromatic rings. The Labute approximate surface area is 164 Å². The SMILES string of the molecule is Cc1ccc(-c2nn(Cn3cc(Cl)cn3)c(-c3ccc(C)cc3)c2C)cc1. The molecule has 0 aliphatic carbocycles. The average molecular weight is 377 g/mol. The van der Waals surface area contributed by atoms with E-state index in [9.17, 15) is 0 Å². The molecule has 5 heteroatoms. The normalized spacial score (nSPS) is 11.1. The zero-order valence-electron chi connectivity index (χ0n) is 15.6. The van der Waals surface area contributed by atoms with Gasteiger partial charge in [-0.15, -0.1) is 0 Å². The summed E-state index contributed by atoms with van der Waals surface area (Å²) in [5, 5.41) is 9.85. The standard InChI is InChI=1S/C22H21ClN4/c1-15-4-8-18(9-5-15)21-17(3)22(19-10-6-16(2)7-11-19)27(25-21)14-26-13-20(23)12-24-26/h4-13H,14H2,1-3H3. The zero-order valence-corrected chi connectivity index (χ0v) is 16.4. The predicted molar refractivity (Wildman–Crippen MR) is 110 cm³/mol. The molecule has 0 fully saturated rings. The van der Waals surface area contributed by atoms with Gasteiger partial charge in [-0.1, -0.05) is 71.3 Å². The number of hydrogen-bond donors (Lipinski definition) is 0. The summed E-state index contributed by atoms with van der Waals surface area (Å²) in [7, 11) is 0. The van der Waals surface area contributed by atoms with Crippen LogP contribution in [0.1, 0.15) is 16.7 Å². The molecule has 0 amide bonds. The number of nitrogens with zero attached hydrogens (tertiary/aromatic N) is 4. The van der Waals surface area contributed by atoms with Gasteiger partial charge >= 0.3 is 0 Å². The number of rotatable bonds is 4. The fourth-order valence-electron chi connectivity index (χ4n) is 3.27. The van der Waals surface area contributed by atoms with Crippen LogP contribution in [0.3, 0.4) is 0 Å². The molecule has 0 atom stereocenters. The molecule has 0 aliphatic heterocycles. The van der Waals surface area contributed by atoms with Crippen LogP contribution in [0.25, 0.3) is 22.5 Å². The minimum atomic E-state index is 0.503. The summed E-state index contributed by atoms with van der Waals surface area (Å²) >= 11 is 6.04. The van der Waals surface area contributed by atoms with Crippen LogP contribution in [-0.2, 0) is 6.67 Å². The topological polar surface area (TPSA) is 35.6 Å². The highest BCUT2D eigenvalue weighted by Crippen LogP contribution is 2.32. The third-order valence-electron chi connectivity index (χ3n) is 4.72. The van der Waals surface area contributed by atoms with Crippen molar-refractivity contribution in [2.75, 3.05) is 0 Å². The van der Waals surface area contributed by atoms with Crippen molar-refractivity contribution >= 4 is 11.6 Å². The first kappa shape index (κ1) is 17.6. The number of aromatic nitrogens is 4. The van der Waals surface area contributed by atoms with E-state index in [4.69, 9.17) is 16.7 Å². The predicted octanol–water partition coefficient (Wildman–Crippen LogP) is 5.50. The van der Waals surface area contributed by atoms with E-state index >= 15 is 0 Å². The Morgan fingerprint density at radius 1 is 0.852 bits per heavy atom. The largest absolute Gasteiger partial charge is 0.250 e. The average Bonchev–Trinajstić information content (AvgIpc) is 3.20. The zero-order chi connectivity index (χ0) is 19.0. The molecule has 0 aliphatic rings. The molecule has 4 nitrogen and oxygen atoms in total. The van der Waals surface area contributed by atoms with Gasteiger partial charge in [0.15, 0.2) is 0 Å². The van der Waals surface area contributed by atoms with Crippen molar-refractivity contribution in [3.05, 3.63) is 82.6 Å². The lowest BCUT2D eigenvalue weighted by Gasteiger charge is -2.09. The molecule has 0 saturated carbocycles. The summed E-state index contributed by atoms with van der Waals surface area (Å²) in [5.41, 5.74) is 7.97. The Bertz CT molecular complexity index is 1070. The van der Waals surface area contributed by atoms with Crippen molar-refractivity contribution in [1.82, 2.24) is 19.6 Å². The van der Waals surface area contributed by atoms with Crippen LogP contribution in [0.15, 0.2) is 60.9 Å². The van der Waals surface area contributed by atoms with E-state index in [-0.39, 0.29) is 0 Å². The molecule has 0 N–H and O–H groups in total. The van der Waals surface area contributed by atoms with Gasteiger partial charge in [-0.05, 0) is 20.8 Å². The van der Waals surface area contributed by atoms with Crippen LogP contribution in [0.4, 0.5) is 0 Å². The molecule has 2 heterocycles. The number of hydrogen-bond acceptors (Lipinski definition) is 2. The molecule has 4 rings (SSSR count). The highest BCUT2D eigenvalue weighted by atomic mass is 35.5. The Morgan fingerprint density at radius 2 is 1.44 bits per heavy atom. The Hall–Kier alpha value is -2.85. The molecule has 0 bridgehead atoms. The fraction of sp³-hybridized carbons (Fsp3) is 0.182. The third kappa shape index (κ3) is 3.53. The molecule has 2 aromatic carbocycles. The van der Waals surface area contributed by atoms with Crippen molar-refractivity contribution in [3.8, 4) is 22.5 Å². The van der Waals surface area contributed by atoms with E-state index < -0.39 is 0 Å². The van der Waals surface area contributed by atoms with Crippen LogP contribution >= 0.6 is 11.6 Å². The van der Waals surface area contributed by atoms with E-state index in [0.717, 1.165) is 28.1 Å². The lowest BCUT2D eigenvalue weighted by molar-refractivity contribution is 0.508. The van der Waals surface area contributed by atoms with Gasteiger partial charge in [0.1, 0.15) is 6.67 Å². The third-order valence-corrected chi connectivity index (χ3v) is 4.92. The van der Waals surface area contributed by atoms with Crippen LogP contribution in [0.5, 0.6) is 0 Å².